The Labute approximate surface area is 154 Å². The second-order valence-corrected chi connectivity index (χ2v) is 6.77. The summed E-state index contributed by atoms with van der Waals surface area (Å²) in [5.41, 5.74) is 7.09. The summed E-state index contributed by atoms with van der Waals surface area (Å²) in [5, 5.41) is 12.6. The van der Waals surface area contributed by atoms with Crippen molar-refractivity contribution < 1.29 is 14.7 Å². The number of carboxylic acids is 1. The molecule has 0 bridgehead atoms. The molecule has 2 heterocycles. The lowest BCUT2D eigenvalue weighted by atomic mass is 9.80. The van der Waals surface area contributed by atoms with Crippen LogP contribution in [0.15, 0.2) is 30.6 Å². The average molecular weight is 360 g/mol. The van der Waals surface area contributed by atoms with Crippen LogP contribution in [0.1, 0.15) is 45.1 Å². The molecule has 1 aromatic rings. The van der Waals surface area contributed by atoms with Gasteiger partial charge in [-0.25, -0.2) is 14.6 Å². The molecule has 1 aromatic heterocycles. The number of aromatic nitrogens is 1. The molecule has 26 heavy (non-hydrogen) atoms. The first-order valence-electron chi connectivity index (χ1n) is 9.10. The van der Waals surface area contributed by atoms with Gasteiger partial charge in [0.25, 0.3) is 0 Å². The first-order chi connectivity index (χ1) is 12.4. The Balaban J connectivity index is 2.09. The van der Waals surface area contributed by atoms with Crippen molar-refractivity contribution in [3.05, 3.63) is 36.2 Å². The molecule has 0 aliphatic carbocycles. The molecule has 0 unspecified atom stereocenters. The number of urea groups is 1. The number of carbonyl (C=O) groups is 2. The normalized spacial score (nSPS) is 19.3. The number of likely N-dealkylation sites (tertiary alicyclic amines) is 1. The van der Waals surface area contributed by atoms with Gasteiger partial charge in [0.05, 0.1) is 0 Å². The van der Waals surface area contributed by atoms with Crippen LogP contribution < -0.4 is 11.1 Å². The van der Waals surface area contributed by atoms with Crippen LogP contribution in [-0.2, 0) is 11.2 Å². The molecule has 0 saturated carbocycles. The third kappa shape index (κ3) is 4.33. The van der Waals surface area contributed by atoms with Crippen molar-refractivity contribution in [2.45, 2.75) is 58.0 Å². The number of pyridine rings is 1. The number of hydrogen-bond donors (Lipinski definition) is 3. The fourth-order valence-electron chi connectivity index (χ4n) is 3.51. The third-order valence-electron chi connectivity index (χ3n) is 4.77. The van der Waals surface area contributed by atoms with Crippen molar-refractivity contribution in [3.63, 3.8) is 0 Å². The SMILES string of the molecule is C=C1[C@H](Cc2ccnc(N)c2)[C@@H](C(=O)O)N1C(=O)NC(CCC)CCC. The molecule has 1 aliphatic heterocycles. The summed E-state index contributed by atoms with van der Waals surface area (Å²) in [7, 11) is 0. The van der Waals surface area contributed by atoms with Crippen molar-refractivity contribution in [2.24, 2.45) is 5.92 Å². The summed E-state index contributed by atoms with van der Waals surface area (Å²) in [5.74, 6) is -0.978. The number of carbonyl (C=O) groups excluding carboxylic acids is 1. The van der Waals surface area contributed by atoms with E-state index >= 15 is 0 Å². The lowest BCUT2D eigenvalue weighted by Crippen LogP contribution is -2.63. The highest BCUT2D eigenvalue weighted by Gasteiger charge is 2.50. The Kier molecular flexibility index (Phi) is 6.60. The number of nitrogen functional groups attached to an aromatic ring is 1. The Morgan fingerprint density at radius 3 is 2.58 bits per heavy atom. The molecule has 0 spiro atoms. The van der Waals surface area contributed by atoms with Crippen molar-refractivity contribution >= 4 is 17.8 Å². The van der Waals surface area contributed by atoms with E-state index in [2.05, 4.69) is 30.7 Å². The number of rotatable bonds is 8. The van der Waals surface area contributed by atoms with Gasteiger partial charge in [0.2, 0.25) is 0 Å². The molecule has 0 radical (unpaired) electrons. The van der Waals surface area contributed by atoms with Crippen LogP contribution in [0, 0.1) is 5.92 Å². The number of anilines is 1. The second-order valence-electron chi connectivity index (χ2n) is 6.77. The highest BCUT2D eigenvalue weighted by Crippen LogP contribution is 2.38. The number of nitrogens with zero attached hydrogens (tertiary/aromatic N) is 2. The zero-order valence-corrected chi connectivity index (χ0v) is 15.4. The van der Waals surface area contributed by atoms with Crippen molar-refractivity contribution in [1.82, 2.24) is 15.2 Å². The second kappa shape index (κ2) is 8.69. The summed E-state index contributed by atoms with van der Waals surface area (Å²) in [6.45, 7) is 8.08. The number of hydrogen-bond acceptors (Lipinski definition) is 4. The smallest absolute Gasteiger partial charge is 0.327 e. The average Bonchev–Trinajstić information content (AvgIpc) is 2.57. The molecule has 2 atom stereocenters. The van der Waals surface area contributed by atoms with Crippen LogP contribution >= 0.6 is 0 Å². The van der Waals surface area contributed by atoms with E-state index in [9.17, 15) is 14.7 Å². The van der Waals surface area contributed by atoms with Gasteiger partial charge in [0, 0.05) is 23.9 Å². The van der Waals surface area contributed by atoms with Crippen LogP contribution in [-0.4, -0.2) is 39.1 Å². The highest BCUT2D eigenvalue weighted by atomic mass is 16.4. The largest absolute Gasteiger partial charge is 0.480 e. The van der Waals surface area contributed by atoms with Crippen molar-refractivity contribution in [3.8, 4) is 0 Å². The maximum Gasteiger partial charge on any atom is 0.327 e. The third-order valence-corrected chi connectivity index (χ3v) is 4.77. The van der Waals surface area contributed by atoms with Gasteiger partial charge in [-0.1, -0.05) is 33.3 Å². The maximum atomic E-state index is 12.6. The molecule has 4 N–H and O–H groups in total. The lowest BCUT2D eigenvalue weighted by molar-refractivity contribution is -0.147. The van der Waals surface area contributed by atoms with Crippen LogP contribution in [0.4, 0.5) is 10.6 Å². The van der Waals surface area contributed by atoms with E-state index in [0.717, 1.165) is 31.2 Å². The van der Waals surface area contributed by atoms with E-state index in [0.29, 0.717) is 17.9 Å². The molecule has 2 amide bonds. The first kappa shape index (κ1) is 19.8. The Bertz CT molecular complexity index is 671. The van der Waals surface area contributed by atoms with Gasteiger partial charge >= 0.3 is 12.0 Å². The molecule has 1 saturated heterocycles. The minimum absolute atomic E-state index is 0.0544. The number of carboxylic acid groups (broad SMARTS) is 1. The van der Waals surface area contributed by atoms with Crippen LogP contribution in [0.5, 0.6) is 0 Å². The van der Waals surface area contributed by atoms with Gasteiger partial charge < -0.3 is 16.2 Å². The Morgan fingerprint density at radius 1 is 1.38 bits per heavy atom. The zero-order valence-electron chi connectivity index (χ0n) is 15.4. The molecule has 1 aliphatic rings. The van der Waals surface area contributed by atoms with E-state index in [1.807, 2.05) is 0 Å². The number of nitrogens with two attached hydrogens (primary N) is 1. The van der Waals surface area contributed by atoms with Gasteiger partial charge in [0.15, 0.2) is 0 Å². The number of aliphatic carboxylic acids is 1. The molecular weight excluding hydrogens is 332 g/mol. The number of nitrogens with one attached hydrogen (secondary N) is 1. The lowest BCUT2D eigenvalue weighted by Gasteiger charge is -2.47. The molecule has 2 rings (SSSR count). The molecule has 142 valence electrons. The fraction of sp³-hybridized carbons (Fsp3) is 0.526. The summed E-state index contributed by atoms with van der Waals surface area (Å²) in [6, 6.07) is 2.27. The predicted molar refractivity (Wildman–Crippen MR) is 100 cm³/mol. The summed E-state index contributed by atoms with van der Waals surface area (Å²) in [4.78, 5) is 29.6. The van der Waals surface area contributed by atoms with Crippen LogP contribution in [0.3, 0.4) is 0 Å². The maximum absolute atomic E-state index is 12.6. The van der Waals surface area contributed by atoms with Gasteiger partial charge in [-0.05, 0) is 37.0 Å². The summed E-state index contributed by atoms with van der Waals surface area (Å²) in [6.07, 6.45) is 5.71. The first-order valence-corrected chi connectivity index (χ1v) is 9.10. The molecule has 1 fully saturated rings. The molecular formula is C19H28N4O3. The van der Waals surface area contributed by atoms with E-state index in [4.69, 9.17) is 5.73 Å². The van der Waals surface area contributed by atoms with Crippen LogP contribution in [0.2, 0.25) is 0 Å². The van der Waals surface area contributed by atoms with Gasteiger partial charge in [-0.3, -0.25) is 4.90 Å². The van der Waals surface area contributed by atoms with E-state index < -0.39 is 12.0 Å². The summed E-state index contributed by atoms with van der Waals surface area (Å²) >= 11 is 0. The minimum Gasteiger partial charge on any atom is -0.480 e. The van der Waals surface area contributed by atoms with E-state index in [1.54, 1.807) is 18.3 Å². The fourth-order valence-corrected chi connectivity index (χ4v) is 3.51. The minimum atomic E-state index is -1.03. The van der Waals surface area contributed by atoms with Crippen molar-refractivity contribution in [2.75, 3.05) is 5.73 Å². The molecule has 0 aromatic carbocycles. The van der Waals surface area contributed by atoms with Gasteiger partial charge in [0.1, 0.15) is 11.9 Å². The van der Waals surface area contributed by atoms with Gasteiger partial charge in [-0.2, -0.15) is 0 Å². The Morgan fingerprint density at radius 2 is 2.04 bits per heavy atom. The highest BCUT2D eigenvalue weighted by molar-refractivity contribution is 5.88. The van der Waals surface area contributed by atoms with E-state index in [1.165, 1.54) is 4.90 Å². The van der Waals surface area contributed by atoms with Gasteiger partial charge in [-0.15, -0.1) is 0 Å². The Hall–Kier alpha value is -2.57. The monoisotopic (exact) mass is 360 g/mol. The van der Waals surface area contributed by atoms with Crippen LogP contribution in [0.25, 0.3) is 0 Å². The topological polar surface area (TPSA) is 109 Å². The quantitative estimate of drug-likeness (QED) is 0.660. The number of amides is 2. The standard InChI is InChI=1S/C19H28N4O3/c1-4-6-14(7-5-2)22-19(26)23-12(3)15(17(23)18(24)25)10-13-8-9-21-16(20)11-13/h8-9,11,14-15,17H,3-7,10H2,1-2H3,(H2,20,21)(H,22,26)(H,24,25)/t15-,17-/m0/s1. The zero-order chi connectivity index (χ0) is 19.3. The summed E-state index contributed by atoms with van der Waals surface area (Å²) < 4.78 is 0. The molecule has 7 nitrogen and oxygen atoms in total. The molecule has 7 heteroatoms. The predicted octanol–water partition coefficient (Wildman–Crippen LogP) is 2.78. The van der Waals surface area contributed by atoms with Crippen molar-refractivity contribution in [1.29, 1.82) is 0 Å². The van der Waals surface area contributed by atoms with E-state index in [-0.39, 0.29) is 18.0 Å².